The SMILES string of the molecule is CCCCC(CC)(CN)Nc1ccccc1. The Morgan fingerprint density at radius 2 is 1.88 bits per heavy atom. The van der Waals surface area contributed by atoms with Crippen LogP contribution in [0.5, 0.6) is 0 Å². The molecule has 16 heavy (non-hydrogen) atoms. The van der Waals surface area contributed by atoms with Crippen LogP contribution >= 0.6 is 0 Å². The van der Waals surface area contributed by atoms with Crippen molar-refractivity contribution in [2.24, 2.45) is 5.73 Å². The molecule has 1 aromatic carbocycles. The van der Waals surface area contributed by atoms with E-state index < -0.39 is 0 Å². The molecule has 2 nitrogen and oxygen atoms in total. The monoisotopic (exact) mass is 220 g/mol. The van der Waals surface area contributed by atoms with E-state index in [4.69, 9.17) is 5.73 Å². The van der Waals surface area contributed by atoms with E-state index in [9.17, 15) is 0 Å². The molecule has 0 fully saturated rings. The van der Waals surface area contributed by atoms with E-state index in [0.717, 1.165) is 12.8 Å². The van der Waals surface area contributed by atoms with Crippen LogP contribution in [0, 0.1) is 0 Å². The first-order chi connectivity index (χ1) is 7.76. The third-order valence-corrected chi connectivity index (χ3v) is 3.26. The minimum absolute atomic E-state index is 0.0668. The van der Waals surface area contributed by atoms with Crippen LogP contribution in [0.2, 0.25) is 0 Å². The first kappa shape index (κ1) is 13.0. The summed E-state index contributed by atoms with van der Waals surface area (Å²) >= 11 is 0. The summed E-state index contributed by atoms with van der Waals surface area (Å²) in [6, 6.07) is 10.4. The first-order valence-corrected chi connectivity index (χ1v) is 6.29. The number of rotatable bonds is 7. The van der Waals surface area contributed by atoms with Crippen LogP contribution in [0.4, 0.5) is 5.69 Å². The molecule has 0 aliphatic rings. The highest BCUT2D eigenvalue weighted by Gasteiger charge is 2.25. The molecule has 2 heteroatoms. The van der Waals surface area contributed by atoms with E-state index in [1.165, 1.54) is 18.5 Å². The van der Waals surface area contributed by atoms with Crippen LogP contribution in [0.25, 0.3) is 0 Å². The predicted octanol–water partition coefficient (Wildman–Crippen LogP) is 3.40. The molecule has 1 rings (SSSR count). The number of nitrogens with one attached hydrogen (secondary N) is 1. The largest absolute Gasteiger partial charge is 0.378 e. The molecule has 0 aromatic heterocycles. The zero-order valence-corrected chi connectivity index (χ0v) is 10.5. The zero-order chi connectivity index (χ0) is 11.9. The Balaban J connectivity index is 2.70. The second-order valence-corrected chi connectivity index (χ2v) is 4.43. The lowest BCUT2D eigenvalue weighted by Gasteiger charge is -2.34. The molecule has 0 radical (unpaired) electrons. The van der Waals surface area contributed by atoms with E-state index in [1.54, 1.807) is 0 Å². The van der Waals surface area contributed by atoms with Crippen LogP contribution in [0.15, 0.2) is 30.3 Å². The molecule has 3 N–H and O–H groups in total. The van der Waals surface area contributed by atoms with Crippen LogP contribution < -0.4 is 11.1 Å². The second kappa shape index (κ2) is 6.54. The molecule has 0 spiro atoms. The van der Waals surface area contributed by atoms with Gasteiger partial charge in [-0.3, -0.25) is 0 Å². The number of para-hydroxylation sites is 1. The summed E-state index contributed by atoms with van der Waals surface area (Å²) in [4.78, 5) is 0. The average molecular weight is 220 g/mol. The fourth-order valence-corrected chi connectivity index (χ4v) is 1.97. The van der Waals surface area contributed by atoms with Crippen molar-refractivity contribution in [3.63, 3.8) is 0 Å². The number of hydrogen-bond donors (Lipinski definition) is 2. The van der Waals surface area contributed by atoms with E-state index in [1.807, 2.05) is 6.07 Å². The van der Waals surface area contributed by atoms with Gasteiger partial charge in [-0.15, -0.1) is 0 Å². The Hall–Kier alpha value is -1.02. The van der Waals surface area contributed by atoms with Crippen molar-refractivity contribution in [1.82, 2.24) is 0 Å². The molecule has 0 heterocycles. The number of benzene rings is 1. The van der Waals surface area contributed by atoms with Crippen molar-refractivity contribution in [1.29, 1.82) is 0 Å². The third kappa shape index (κ3) is 3.53. The summed E-state index contributed by atoms with van der Waals surface area (Å²) in [7, 11) is 0. The van der Waals surface area contributed by atoms with Gasteiger partial charge < -0.3 is 11.1 Å². The molecule has 0 saturated heterocycles. The maximum Gasteiger partial charge on any atom is 0.0493 e. The Morgan fingerprint density at radius 1 is 1.19 bits per heavy atom. The Kier molecular flexibility index (Phi) is 5.33. The van der Waals surface area contributed by atoms with Crippen molar-refractivity contribution in [3.05, 3.63) is 30.3 Å². The van der Waals surface area contributed by atoms with Crippen LogP contribution in [-0.4, -0.2) is 12.1 Å². The van der Waals surface area contributed by atoms with Gasteiger partial charge in [-0.05, 0) is 25.0 Å². The number of anilines is 1. The summed E-state index contributed by atoms with van der Waals surface area (Å²) in [6.07, 6.45) is 4.66. The van der Waals surface area contributed by atoms with Gasteiger partial charge >= 0.3 is 0 Å². The molecule has 0 aliphatic heterocycles. The lowest BCUT2D eigenvalue weighted by Crippen LogP contribution is -2.44. The van der Waals surface area contributed by atoms with Crippen molar-refractivity contribution in [3.8, 4) is 0 Å². The highest BCUT2D eigenvalue weighted by Crippen LogP contribution is 2.23. The number of unbranched alkanes of at least 4 members (excludes halogenated alkanes) is 1. The van der Waals surface area contributed by atoms with Gasteiger partial charge in [-0.2, -0.15) is 0 Å². The molecule has 1 aromatic rings. The van der Waals surface area contributed by atoms with Gasteiger partial charge in [-0.1, -0.05) is 44.9 Å². The van der Waals surface area contributed by atoms with Crippen LogP contribution in [-0.2, 0) is 0 Å². The van der Waals surface area contributed by atoms with Crippen LogP contribution in [0.3, 0.4) is 0 Å². The number of hydrogen-bond acceptors (Lipinski definition) is 2. The van der Waals surface area contributed by atoms with Gasteiger partial charge in [0, 0.05) is 17.8 Å². The lowest BCUT2D eigenvalue weighted by atomic mass is 9.89. The normalized spacial score (nSPS) is 14.4. The smallest absolute Gasteiger partial charge is 0.0493 e. The zero-order valence-electron chi connectivity index (χ0n) is 10.5. The molecule has 0 saturated carbocycles. The van der Waals surface area contributed by atoms with Gasteiger partial charge in [0.2, 0.25) is 0 Å². The maximum atomic E-state index is 5.94. The minimum atomic E-state index is 0.0668. The predicted molar refractivity (Wildman–Crippen MR) is 71.7 cm³/mol. The topological polar surface area (TPSA) is 38.0 Å². The van der Waals surface area contributed by atoms with E-state index >= 15 is 0 Å². The Morgan fingerprint density at radius 3 is 2.38 bits per heavy atom. The first-order valence-electron chi connectivity index (χ1n) is 6.29. The maximum absolute atomic E-state index is 5.94. The Labute approximate surface area is 99.2 Å². The molecule has 90 valence electrons. The van der Waals surface area contributed by atoms with Crippen molar-refractivity contribution in [2.75, 3.05) is 11.9 Å². The van der Waals surface area contributed by atoms with E-state index in [0.29, 0.717) is 6.54 Å². The molecular weight excluding hydrogens is 196 g/mol. The van der Waals surface area contributed by atoms with Gasteiger partial charge in [0.1, 0.15) is 0 Å². The highest BCUT2D eigenvalue weighted by atomic mass is 15.0. The third-order valence-electron chi connectivity index (χ3n) is 3.26. The van der Waals surface area contributed by atoms with Crippen LogP contribution in [0.1, 0.15) is 39.5 Å². The Bertz CT molecular complexity index is 278. The molecule has 1 unspecified atom stereocenters. The van der Waals surface area contributed by atoms with Gasteiger partial charge in [0.25, 0.3) is 0 Å². The number of nitrogens with two attached hydrogens (primary N) is 1. The fraction of sp³-hybridized carbons (Fsp3) is 0.571. The fourth-order valence-electron chi connectivity index (χ4n) is 1.97. The second-order valence-electron chi connectivity index (χ2n) is 4.43. The van der Waals surface area contributed by atoms with Crippen molar-refractivity contribution < 1.29 is 0 Å². The minimum Gasteiger partial charge on any atom is -0.378 e. The summed E-state index contributed by atoms with van der Waals surface area (Å²) < 4.78 is 0. The summed E-state index contributed by atoms with van der Waals surface area (Å²) in [5.41, 5.74) is 7.18. The van der Waals surface area contributed by atoms with E-state index in [2.05, 4.69) is 43.4 Å². The lowest BCUT2D eigenvalue weighted by molar-refractivity contribution is 0.411. The van der Waals surface area contributed by atoms with E-state index in [-0.39, 0.29) is 5.54 Å². The molecule has 0 bridgehead atoms. The average Bonchev–Trinajstić information content (AvgIpc) is 2.36. The molecule has 0 amide bonds. The van der Waals surface area contributed by atoms with Gasteiger partial charge in [0.05, 0.1) is 0 Å². The molecular formula is C14H24N2. The standard InChI is InChI=1S/C14H24N2/c1-3-5-11-14(4-2,12-15)16-13-9-7-6-8-10-13/h6-10,16H,3-5,11-12,15H2,1-2H3. The quantitative estimate of drug-likeness (QED) is 0.739. The van der Waals surface area contributed by atoms with Gasteiger partial charge in [-0.25, -0.2) is 0 Å². The van der Waals surface area contributed by atoms with Gasteiger partial charge in [0.15, 0.2) is 0 Å². The van der Waals surface area contributed by atoms with Crippen molar-refractivity contribution >= 4 is 5.69 Å². The summed E-state index contributed by atoms with van der Waals surface area (Å²) in [6.45, 7) is 5.12. The summed E-state index contributed by atoms with van der Waals surface area (Å²) in [5.74, 6) is 0. The van der Waals surface area contributed by atoms with Crippen molar-refractivity contribution in [2.45, 2.75) is 45.1 Å². The molecule has 0 aliphatic carbocycles. The summed E-state index contributed by atoms with van der Waals surface area (Å²) in [5, 5.41) is 3.60. The molecule has 1 atom stereocenters. The highest BCUT2D eigenvalue weighted by molar-refractivity contribution is 5.45.